The molecule has 1 rings (SSSR count). The van der Waals surface area contributed by atoms with Gasteiger partial charge in [0.2, 0.25) is 0 Å². The fourth-order valence-electron chi connectivity index (χ4n) is 1.92. The first-order valence-electron chi connectivity index (χ1n) is 6.03. The van der Waals surface area contributed by atoms with Gasteiger partial charge in [-0.2, -0.15) is 0 Å². The third-order valence-electron chi connectivity index (χ3n) is 2.96. The lowest BCUT2D eigenvalue weighted by Crippen LogP contribution is -2.32. The third-order valence-corrected chi connectivity index (χ3v) is 2.96. The Morgan fingerprint density at radius 1 is 1.31 bits per heavy atom. The number of hydrogen-bond donors (Lipinski definition) is 0. The van der Waals surface area contributed by atoms with E-state index in [9.17, 15) is 4.79 Å². The lowest BCUT2D eigenvalue weighted by atomic mass is 10.0. The largest absolute Gasteiger partial charge is 0.381 e. The Balaban J connectivity index is 2.12. The zero-order valence-corrected chi connectivity index (χ0v) is 10.7. The Morgan fingerprint density at radius 3 is 2.62 bits per heavy atom. The first-order valence-corrected chi connectivity index (χ1v) is 6.03. The molecule has 0 bridgehead atoms. The van der Waals surface area contributed by atoms with E-state index < -0.39 is 0 Å². The zero-order valence-electron chi connectivity index (χ0n) is 10.7. The maximum Gasteiger partial charge on any atom is 0.152 e. The third kappa shape index (κ3) is 5.05. The molecule has 94 valence electrons. The van der Waals surface area contributed by atoms with Gasteiger partial charge in [0.1, 0.15) is 0 Å². The molecule has 0 aromatic carbocycles. The molecule has 0 saturated carbocycles. The molecule has 0 spiro atoms. The van der Waals surface area contributed by atoms with Crippen molar-refractivity contribution in [3.8, 4) is 0 Å². The van der Waals surface area contributed by atoms with Crippen molar-refractivity contribution in [2.24, 2.45) is 5.92 Å². The first kappa shape index (κ1) is 13.6. The van der Waals surface area contributed by atoms with Gasteiger partial charge >= 0.3 is 0 Å². The molecule has 16 heavy (non-hydrogen) atoms. The monoisotopic (exact) mass is 228 g/mol. The van der Waals surface area contributed by atoms with Crippen LogP contribution in [0.15, 0.2) is 0 Å². The van der Waals surface area contributed by atoms with Gasteiger partial charge in [0, 0.05) is 12.5 Å². The Labute approximate surface area is 98.5 Å². The molecule has 1 aliphatic heterocycles. The molecule has 1 atom stereocenters. The van der Waals surface area contributed by atoms with Crippen molar-refractivity contribution in [1.82, 2.24) is 9.80 Å². The highest BCUT2D eigenvalue weighted by Crippen LogP contribution is 2.13. The average Bonchev–Trinajstić information content (AvgIpc) is 2.69. The summed E-state index contributed by atoms with van der Waals surface area (Å²) in [5.74, 6) is 0.487. The van der Waals surface area contributed by atoms with Crippen molar-refractivity contribution in [3.63, 3.8) is 0 Å². The van der Waals surface area contributed by atoms with Crippen LogP contribution in [0.25, 0.3) is 0 Å². The average molecular weight is 228 g/mol. The second kappa shape index (κ2) is 6.99. The number of Topliss-reactive ketones (excluding diaryl/α,β-unsaturated/α-hetero) is 1. The van der Waals surface area contributed by atoms with Crippen LogP contribution in [0.5, 0.6) is 0 Å². The lowest BCUT2D eigenvalue weighted by Gasteiger charge is -2.18. The quantitative estimate of drug-likeness (QED) is 0.634. The smallest absolute Gasteiger partial charge is 0.152 e. The maximum absolute atomic E-state index is 11.8. The van der Waals surface area contributed by atoms with Gasteiger partial charge in [-0.25, -0.2) is 0 Å². The van der Waals surface area contributed by atoms with Crippen molar-refractivity contribution in [3.05, 3.63) is 0 Å². The molecule has 4 nitrogen and oxygen atoms in total. The number of rotatable bonds is 7. The summed E-state index contributed by atoms with van der Waals surface area (Å²) in [6, 6.07) is 0. The highest BCUT2D eigenvalue weighted by Gasteiger charge is 2.23. The Bertz CT molecular complexity index is 213. The summed E-state index contributed by atoms with van der Waals surface area (Å²) < 4.78 is 5.23. The van der Waals surface area contributed by atoms with Gasteiger partial charge in [0.05, 0.1) is 13.2 Å². The van der Waals surface area contributed by atoms with Gasteiger partial charge in [-0.15, -0.1) is 0 Å². The number of ketones is 1. The number of ether oxygens (including phenoxy) is 1. The number of carbonyl (C=O) groups is 1. The van der Waals surface area contributed by atoms with Gasteiger partial charge in [-0.05, 0) is 47.1 Å². The summed E-state index contributed by atoms with van der Waals surface area (Å²) in [5.41, 5.74) is 0. The van der Waals surface area contributed by atoms with E-state index in [-0.39, 0.29) is 5.92 Å². The Kier molecular flexibility index (Phi) is 5.95. The van der Waals surface area contributed by atoms with E-state index in [1.807, 2.05) is 7.05 Å². The SMILES string of the molecule is CN(C)CCCN(C)CC(=O)C1CCOC1. The molecule has 1 unspecified atom stereocenters. The van der Waals surface area contributed by atoms with Crippen molar-refractivity contribution in [1.29, 1.82) is 0 Å². The Hall–Kier alpha value is -0.450. The van der Waals surface area contributed by atoms with Crippen molar-refractivity contribution >= 4 is 5.78 Å². The summed E-state index contributed by atoms with van der Waals surface area (Å²) in [4.78, 5) is 16.1. The number of hydrogen-bond acceptors (Lipinski definition) is 4. The highest BCUT2D eigenvalue weighted by molar-refractivity contribution is 5.83. The molecule has 1 saturated heterocycles. The maximum atomic E-state index is 11.8. The molecule has 1 aliphatic rings. The van der Waals surface area contributed by atoms with Crippen LogP contribution in [0.2, 0.25) is 0 Å². The molecule has 1 heterocycles. The van der Waals surface area contributed by atoms with E-state index in [1.54, 1.807) is 0 Å². The van der Waals surface area contributed by atoms with E-state index in [0.717, 1.165) is 32.5 Å². The minimum absolute atomic E-state index is 0.149. The topological polar surface area (TPSA) is 32.8 Å². The molecule has 4 heteroatoms. The fourth-order valence-corrected chi connectivity index (χ4v) is 1.92. The zero-order chi connectivity index (χ0) is 12.0. The second-order valence-electron chi connectivity index (χ2n) is 4.92. The van der Waals surface area contributed by atoms with Crippen molar-refractivity contribution < 1.29 is 9.53 Å². The predicted molar refractivity (Wildman–Crippen MR) is 64.6 cm³/mol. The van der Waals surface area contributed by atoms with Gasteiger partial charge < -0.3 is 9.64 Å². The molecule has 1 fully saturated rings. The molecule has 0 aromatic rings. The van der Waals surface area contributed by atoms with Crippen LogP contribution in [0.4, 0.5) is 0 Å². The molecular formula is C12H24N2O2. The van der Waals surface area contributed by atoms with E-state index in [0.29, 0.717) is 18.9 Å². The van der Waals surface area contributed by atoms with Crippen LogP contribution in [-0.4, -0.2) is 69.6 Å². The minimum atomic E-state index is 0.149. The van der Waals surface area contributed by atoms with Crippen LogP contribution in [0.1, 0.15) is 12.8 Å². The summed E-state index contributed by atoms with van der Waals surface area (Å²) in [7, 11) is 6.16. The predicted octanol–water partition coefficient (Wildman–Crippen LogP) is 0.476. The molecule has 0 radical (unpaired) electrons. The van der Waals surface area contributed by atoms with Crippen LogP contribution in [0, 0.1) is 5.92 Å². The highest BCUT2D eigenvalue weighted by atomic mass is 16.5. The molecular weight excluding hydrogens is 204 g/mol. The van der Waals surface area contributed by atoms with Crippen molar-refractivity contribution in [2.45, 2.75) is 12.8 Å². The summed E-state index contributed by atoms with van der Waals surface area (Å²) >= 11 is 0. The first-order chi connectivity index (χ1) is 7.59. The van der Waals surface area contributed by atoms with Gasteiger partial charge in [0.15, 0.2) is 5.78 Å². The van der Waals surface area contributed by atoms with E-state index in [1.165, 1.54) is 0 Å². The minimum Gasteiger partial charge on any atom is -0.381 e. The normalized spacial score (nSPS) is 20.9. The molecule has 0 aromatic heterocycles. The molecule has 0 aliphatic carbocycles. The van der Waals surface area contributed by atoms with Crippen LogP contribution in [-0.2, 0) is 9.53 Å². The van der Waals surface area contributed by atoms with E-state index in [4.69, 9.17) is 4.74 Å². The molecule has 0 N–H and O–H groups in total. The number of carbonyl (C=O) groups excluding carboxylic acids is 1. The summed E-state index contributed by atoms with van der Waals surface area (Å²) in [6.07, 6.45) is 2.02. The summed E-state index contributed by atoms with van der Waals surface area (Å²) in [6.45, 7) is 4.01. The van der Waals surface area contributed by atoms with Crippen LogP contribution < -0.4 is 0 Å². The lowest BCUT2D eigenvalue weighted by molar-refractivity contribution is -0.123. The van der Waals surface area contributed by atoms with Gasteiger partial charge in [-0.3, -0.25) is 9.69 Å². The number of nitrogens with zero attached hydrogens (tertiary/aromatic N) is 2. The van der Waals surface area contributed by atoms with E-state index in [2.05, 4.69) is 23.9 Å². The van der Waals surface area contributed by atoms with Gasteiger partial charge in [0.25, 0.3) is 0 Å². The molecule has 0 amide bonds. The second-order valence-corrected chi connectivity index (χ2v) is 4.92. The van der Waals surface area contributed by atoms with Crippen LogP contribution in [0.3, 0.4) is 0 Å². The standard InChI is InChI=1S/C12H24N2O2/c1-13(2)6-4-7-14(3)9-12(15)11-5-8-16-10-11/h11H,4-10H2,1-3H3. The number of likely N-dealkylation sites (N-methyl/N-ethyl adjacent to an activating group) is 1. The Morgan fingerprint density at radius 2 is 2.06 bits per heavy atom. The van der Waals surface area contributed by atoms with Crippen molar-refractivity contribution in [2.75, 3.05) is 54.0 Å². The van der Waals surface area contributed by atoms with Gasteiger partial charge in [-0.1, -0.05) is 0 Å². The van der Waals surface area contributed by atoms with E-state index >= 15 is 0 Å². The van der Waals surface area contributed by atoms with Crippen LogP contribution >= 0.6 is 0 Å². The fraction of sp³-hybridized carbons (Fsp3) is 0.917. The summed E-state index contributed by atoms with van der Waals surface area (Å²) in [5, 5.41) is 0.